The van der Waals surface area contributed by atoms with Gasteiger partial charge in [-0.05, 0) is 124 Å². The summed E-state index contributed by atoms with van der Waals surface area (Å²) in [7, 11) is 0. The molecule has 0 aromatic heterocycles. The third-order valence-corrected chi connectivity index (χ3v) is 15.3. The number of nitrogens with zero attached hydrogens (tertiary/aromatic N) is 2. The first kappa shape index (κ1) is 72.0. The van der Waals surface area contributed by atoms with E-state index in [0.29, 0.717) is 0 Å². The Hall–Kier alpha value is -1.99. The molecule has 0 saturated heterocycles. The average Bonchev–Trinajstić information content (AvgIpc) is 3.69. The van der Waals surface area contributed by atoms with Crippen LogP contribution in [0.1, 0.15) is 352 Å². The number of unbranched alkanes of at least 4 members (excludes halogenated alkanes) is 31. The molecule has 3 heteroatoms. The molecule has 74 heavy (non-hydrogen) atoms. The van der Waals surface area contributed by atoms with Crippen LogP contribution >= 0.6 is 0 Å². The van der Waals surface area contributed by atoms with Crippen molar-refractivity contribution in [1.29, 1.82) is 0 Å². The van der Waals surface area contributed by atoms with Crippen LogP contribution < -0.4 is 0 Å². The van der Waals surface area contributed by atoms with E-state index in [9.17, 15) is 5.53 Å². The summed E-state index contributed by atoms with van der Waals surface area (Å²) in [6, 6.07) is 14.8. The zero-order valence-corrected chi connectivity index (χ0v) is 51.9. The summed E-state index contributed by atoms with van der Waals surface area (Å²) in [5.74, 6) is 0. The molecule has 2 nitrogen and oxygen atoms in total. The molecule has 1 heterocycles. The third kappa shape index (κ3) is 34.0. The molecule has 1 aliphatic heterocycles. The van der Waals surface area contributed by atoms with E-state index in [0.717, 1.165) is 75.6 Å². The average molecular weight is 1060 g/mol. The molecule has 0 amide bonds. The minimum absolute atomic E-state index is 0. The van der Waals surface area contributed by atoms with Crippen molar-refractivity contribution in [1.82, 2.24) is 0 Å². The molecule has 0 radical (unpaired) electrons. The van der Waals surface area contributed by atoms with Gasteiger partial charge in [-0.1, -0.05) is 267 Å². The second-order valence-electron chi connectivity index (χ2n) is 22.5. The molecule has 1 aliphatic rings. The predicted molar refractivity (Wildman–Crippen MR) is 331 cm³/mol. The molecule has 428 valence electrons. The van der Waals surface area contributed by atoms with Gasteiger partial charge in [0.25, 0.3) is 0 Å². The Balaban J connectivity index is 0.00000550. The molecule has 0 atom stereocenters. The van der Waals surface area contributed by atoms with Crippen LogP contribution in [0.15, 0.2) is 47.5 Å². The summed E-state index contributed by atoms with van der Waals surface area (Å²) < 4.78 is 1.70. The number of allylic oxidation sites excluding steroid dienone is 2. The van der Waals surface area contributed by atoms with Crippen molar-refractivity contribution in [3.05, 3.63) is 100 Å². The van der Waals surface area contributed by atoms with Gasteiger partial charge in [0.05, 0.1) is 0 Å². The van der Waals surface area contributed by atoms with Gasteiger partial charge in [-0.2, -0.15) is 12.8 Å². The van der Waals surface area contributed by atoms with Crippen molar-refractivity contribution in [2.75, 3.05) is 0 Å². The van der Waals surface area contributed by atoms with Gasteiger partial charge in [-0.15, -0.1) is 0 Å². The standard InChI is InChI=1S/C63H106N2.2C4H9.Ni/c1-7-13-19-20-21-22-23-24-25-26-27-28-29-30-31-32-33-34-35-36-37-38-41-47-61-60(46-18-12-6)62(59-52-56(44-39-14-8-2)49-57(53-59)45-40-15-9-3)65(64)63(61)58-50-54(42-16-10-4)48-55(51-58)43-17-11-5;2*1-3-4-2;/h48-53H,7-47H2,1-6H3;2*1,3-4H2,2H3;/q;2*-1;+2. The molecule has 0 unspecified atom stereocenters. The molecule has 2 aromatic rings. The first-order valence-corrected chi connectivity index (χ1v) is 32.6. The molecule has 0 fully saturated rings. The maximum atomic E-state index is 12.7. The number of benzene rings is 2. The van der Waals surface area contributed by atoms with Gasteiger partial charge in [0.2, 0.25) is 11.4 Å². The summed E-state index contributed by atoms with van der Waals surface area (Å²) >= 11 is 0. The van der Waals surface area contributed by atoms with E-state index < -0.39 is 0 Å². The summed E-state index contributed by atoms with van der Waals surface area (Å²) in [6.07, 6.45) is 58.4. The van der Waals surface area contributed by atoms with Crippen molar-refractivity contribution in [3.8, 4) is 0 Å². The Morgan fingerprint density at radius 2 is 0.486 bits per heavy atom. The van der Waals surface area contributed by atoms with E-state index in [1.54, 1.807) is 4.70 Å². The summed E-state index contributed by atoms with van der Waals surface area (Å²) in [5.41, 5.74) is 26.0. The van der Waals surface area contributed by atoms with E-state index >= 15 is 0 Å². The molecular weight excluding hydrogens is 939 g/mol. The first-order chi connectivity index (χ1) is 35.8. The quantitative estimate of drug-likeness (QED) is 0.0273. The molecule has 0 aliphatic carbocycles. The van der Waals surface area contributed by atoms with E-state index in [-0.39, 0.29) is 16.5 Å². The Morgan fingerprint density at radius 1 is 0.284 bits per heavy atom. The molecular formula is C71H124N2Ni. The molecule has 3 rings (SSSR count). The minimum Gasteiger partial charge on any atom is -0.493 e. The predicted octanol–water partition coefficient (Wildman–Crippen LogP) is 24.8. The van der Waals surface area contributed by atoms with Crippen LogP contribution in [0, 0.1) is 13.8 Å². The van der Waals surface area contributed by atoms with Crippen molar-refractivity contribution in [2.45, 2.75) is 344 Å². The number of rotatable bonds is 45. The minimum atomic E-state index is 0. The molecule has 0 saturated carbocycles. The van der Waals surface area contributed by atoms with Crippen molar-refractivity contribution < 1.29 is 21.2 Å². The zero-order chi connectivity index (χ0) is 53.4. The maximum absolute atomic E-state index is 12.7. The summed E-state index contributed by atoms with van der Waals surface area (Å²) in [4.78, 5) is 0. The Labute approximate surface area is 474 Å². The molecule has 0 spiro atoms. The van der Waals surface area contributed by atoms with Crippen LogP contribution in [-0.4, -0.2) is 4.70 Å². The molecule has 0 bridgehead atoms. The number of aryl methyl sites for hydroxylation is 4. The Morgan fingerprint density at radius 3 is 0.757 bits per heavy atom. The van der Waals surface area contributed by atoms with Gasteiger partial charge in [0, 0.05) is 22.3 Å². The Bertz CT molecular complexity index is 1600. The maximum Gasteiger partial charge on any atom is 2.00 e. The van der Waals surface area contributed by atoms with Crippen LogP contribution in [0.2, 0.25) is 0 Å². The topological polar surface area (TPSA) is 25.3 Å². The van der Waals surface area contributed by atoms with Crippen LogP contribution in [0.25, 0.3) is 16.9 Å². The van der Waals surface area contributed by atoms with Crippen molar-refractivity contribution in [3.63, 3.8) is 0 Å². The van der Waals surface area contributed by atoms with Crippen molar-refractivity contribution in [2.24, 2.45) is 0 Å². The van der Waals surface area contributed by atoms with Gasteiger partial charge in [-0.3, -0.25) is 0 Å². The first-order valence-electron chi connectivity index (χ1n) is 32.6. The van der Waals surface area contributed by atoms with Crippen LogP contribution in [0.4, 0.5) is 0 Å². The fraction of sp³-hybridized carbons (Fsp3) is 0.746. The largest absolute Gasteiger partial charge is 2.00 e. The third-order valence-electron chi connectivity index (χ3n) is 15.3. The van der Waals surface area contributed by atoms with Crippen LogP contribution in [0.3, 0.4) is 0 Å². The van der Waals surface area contributed by atoms with Gasteiger partial charge in [0.15, 0.2) is 0 Å². The fourth-order valence-corrected chi connectivity index (χ4v) is 10.5. The zero-order valence-electron chi connectivity index (χ0n) is 50.9. The van der Waals surface area contributed by atoms with Gasteiger partial charge in [-0.25, -0.2) is 4.70 Å². The number of hydrogen-bond acceptors (Lipinski definition) is 0. The fourth-order valence-electron chi connectivity index (χ4n) is 10.5. The van der Waals surface area contributed by atoms with Crippen LogP contribution in [0.5, 0.6) is 0 Å². The second-order valence-corrected chi connectivity index (χ2v) is 22.5. The molecule has 0 N–H and O–H groups in total. The van der Waals surface area contributed by atoms with Gasteiger partial charge >= 0.3 is 16.5 Å². The van der Waals surface area contributed by atoms with Gasteiger partial charge < -0.3 is 19.4 Å². The van der Waals surface area contributed by atoms with E-state index in [2.05, 4.69) is 106 Å². The summed E-state index contributed by atoms with van der Waals surface area (Å²) in [5, 5.41) is 0. The summed E-state index contributed by atoms with van der Waals surface area (Å²) in [6.45, 7) is 25.3. The second kappa shape index (κ2) is 51.8. The van der Waals surface area contributed by atoms with Gasteiger partial charge in [0.1, 0.15) is 0 Å². The van der Waals surface area contributed by atoms with Crippen molar-refractivity contribution >= 4 is 11.4 Å². The number of hydrogen-bond donors (Lipinski definition) is 0. The van der Waals surface area contributed by atoms with E-state index in [1.165, 1.54) is 269 Å². The van der Waals surface area contributed by atoms with E-state index in [4.69, 9.17) is 0 Å². The molecule has 2 aromatic carbocycles. The van der Waals surface area contributed by atoms with Crippen LogP contribution in [-0.2, 0) is 42.2 Å². The Kier molecular flexibility index (Phi) is 50.4. The SMILES string of the molecule is CCCCCCCCCCCCCCCCCCCCCCCCCC1=C(c2cc(CCCC)cc(CCCC)c2)[N+](=[N-])C(c2cc(CCCCC)cc(CCCCC)c2)=C1CCCC.[CH2-]CCC.[CH2-]CCC.[Ni+2]. The smallest absolute Gasteiger partial charge is 0.493 e. The normalized spacial score (nSPS) is 12.3. The van der Waals surface area contributed by atoms with E-state index in [1.807, 2.05) is 0 Å². The monoisotopic (exact) mass is 1060 g/mol.